The monoisotopic (exact) mass is 587 g/mol. The summed E-state index contributed by atoms with van der Waals surface area (Å²) in [6.45, 7) is 8.22. The molecule has 2 heterocycles. The van der Waals surface area contributed by atoms with Crippen LogP contribution in [0.3, 0.4) is 0 Å². The maximum atomic E-state index is 14.4. The van der Waals surface area contributed by atoms with Gasteiger partial charge < -0.3 is 14.8 Å². The number of hydrogen-bond acceptors (Lipinski definition) is 8. The normalized spacial score (nSPS) is 19.7. The van der Waals surface area contributed by atoms with Crippen molar-refractivity contribution >= 4 is 27.8 Å². The van der Waals surface area contributed by atoms with E-state index in [-0.39, 0.29) is 42.3 Å². The van der Waals surface area contributed by atoms with Crippen LogP contribution in [0, 0.1) is 12.7 Å². The Morgan fingerprint density at radius 3 is 2.29 bits per heavy atom. The Morgan fingerprint density at radius 2 is 1.71 bits per heavy atom. The van der Waals surface area contributed by atoms with Crippen molar-refractivity contribution in [1.82, 2.24) is 15.3 Å². The first kappa shape index (κ1) is 30.2. The van der Waals surface area contributed by atoms with Crippen molar-refractivity contribution in [1.29, 1.82) is 0 Å². The molecule has 0 aromatic heterocycles. The fourth-order valence-corrected chi connectivity index (χ4v) is 6.38. The molecule has 1 atom stereocenters. The van der Waals surface area contributed by atoms with E-state index in [2.05, 4.69) is 5.32 Å². The minimum Gasteiger partial charge on any atom is -0.461 e. The molecule has 2 aliphatic heterocycles. The van der Waals surface area contributed by atoms with Gasteiger partial charge in [0.05, 0.1) is 23.0 Å². The van der Waals surface area contributed by atoms with E-state index in [0.29, 0.717) is 5.56 Å². The van der Waals surface area contributed by atoms with Crippen LogP contribution in [0.5, 0.6) is 0 Å². The summed E-state index contributed by atoms with van der Waals surface area (Å²) in [7, 11) is -4.21. The number of alkyl carbamates (subject to hydrolysis) is 1. The van der Waals surface area contributed by atoms with Crippen LogP contribution in [0.25, 0.3) is 0 Å². The van der Waals surface area contributed by atoms with Gasteiger partial charge in [0.25, 0.3) is 5.91 Å². The topological polar surface area (TPSA) is 122 Å². The summed E-state index contributed by atoms with van der Waals surface area (Å²) < 4.78 is 51.9. The molecule has 0 radical (unpaired) electrons. The Kier molecular flexibility index (Phi) is 8.28. The zero-order valence-corrected chi connectivity index (χ0v) is 24.5. The van der Waals surface area contributed by atoms with Crippen molar-refractivity contribution in [2.75, 3.05) is 19.7 Å². The van der Waals surface area contributed by atoms with Crippen molar-refractivity contribution in [3.63, 3.8) is 0 Å². The minimum atomic E-state index is -4.21. The lowest BCUT2D eigenvalue weighted by Gasteiger charge is -2.45. The number of carbonyl (C=O) groups excluding carboxylic acids is 3. The highest BCUT2D eigenvalue weighted by Crippen LogP contribution is 2.38. The molecule has 1 unspecified atom stereocenters. The molecule has 12 heteroatoms. The van der Waals surface area contributed by atoms with Gasteiger partial charge >= 0.3 is 12.1 Å². The molecule has 2 aliphatic rings. The molecule has 2 amide bonds. The molecule has 0 saturated carbocycles. The smallest absolute Gasteiger partial charge is 0.408 e. The van der Waals surface area contributed by atoms with Gasteiger partial charge in [-0.05, 0) is 70.9 Å². The molecular weight excluding hydrogens is 553 g/mol. The first-order valence-electron chi connectivity index (χ1n) is 13.2. The Morgan fingerprint density at radius 1 is 1.07 bits per heavy atom. The van der Waals surface area contributed by atoms with Crippen LogP contribution in [0.15, 0.2) is 64.0 Å². The lowest BCUT2D eigenvalue weighted by atomic mass is 9.84. The molecule has 1 fully saturated rings. The van der Waals surface area contributed by atoms with Crippen molar-refractivity contribution in [3.05, 3.63) is 76.1 Å². The molecule has 2 aromatic carbocycles. The maximum absolute atomic E-state index is 14.4. The molecule has 0 spiro atoms. The predicted octanol–water partition coefficient (Wildman–Crippen LogP) is 3.65. The standard InChI is InChI=1S/C29H34FN3O7S/c1-6-39-25(34)24-23(41(37,38)22-13-7-19(2)8-14-22)18-32-16-15-29(26(35)33(24)32,31-27(36)40-28(3,4)5)17-20-9-11-21(30)12-10-20/h7-14H,6,15-18H2,1-5H3,(H,31,36). The largest absolute Gasteiger partial charge is 0.461 e. The van der Waals surface area contributed by atoms with Crippen LogP contribution in [0.1, 0.15) is 45.2 Å². The fraction of sp³-hybridized carbons (Fsp3) is 0.414. The van der Waals surface area contributed by atoms with E-state index in [9.17, 15) is 27.2 Å². The second-order valence-electron chi connectivity index (χ2n) is 11.1. The third-order valence-electron chi connectivity index (χ3n) is 6.77. The van der Waals surface area contributed by atoms with Gasteiger partial charge in [0.1, 0.15) is 17.0 Å². The fourth-order valence-electron chi connectivity index (χ4n) is 4.86. The summed E-state index contributed by atoms with van der Waals surface area (Å²) >= 11 is 0. The summed E-state index contributed by atoms with van der Waals surface area (Å²) in [5.74, 6) is -2.19. The van der Waals surface area contributed by atoms with Gasteiger partial charge in [-0.1, -0.05) is 29.8 Å². The highest BCUT2D eigenvalue weighted by Gasteiger charge is 2.55. The number of nitrogens with one attached hydrogen (secondary N) is 1. The van der Waals surface area contributed by atoms with Gasteiger partial charge in [-0.15, -0.1) is 0 Å². The van der Waals surface area contributed by atoms with Crippen LogP contribution in [-0.4, -0.2) is 67.2 Å². The van der Waals surface area contributed by atoms with Crippen LogP contribution >= 0.6 is 0 Å². The SMILES string of the molecule is CCOC(=O)C1=C(S(=O)(=O)c2ccc(C)cc2)CN2CCC(Cc3ccc(F)cc3)(NC(=O)OC(C)(C)C)C(=O)N12. The second kappa shape index (κ2) is 11.2. The number of esters is 1. The number of hydrogen-bond donors (Lipinski definition) is 1. The van der Waals surface area contributed by atoms with Crippen LogP contribution in [0.4, 0.5) is 9.18 Å². The zero-order chi connectivity index (χ0) is 30.2. The average molecular weight is 588 g/mol. The highest BCUT2D eigenvalue weighted by molar-refractivity contribution is 7.95. The third-order valence-corrected chi connectivity index (χ3v) is 8.63. The summed E-state index contributed by atoms with van der Waals surface area (Å²) in [4.78, 5) is 40.3. The number of rotatable bonds is 7. The molecule has 0 aliphatic carbocycles. The Balaban J connectivity index is 1.82. The maximum Gasteiger partial charge on any atom is 0.408 e. The lowest BCUT2D eigenvalue weighted by Crippen LogP contribution is -2.68. The van der Waals surface area contributed by atoms with E-state index in [1.165, 1.54) is 41.4 Å². The highest BCUT2D eigenvalue weighted by atomic mass is 32.2. The van der Waals surface area contributed by atoms with Gasteiger partial charge in [-0.2, -0.15) is 0 Å². The van der Waals surface area contributed by atoms with E-state index in [1.54, 1.807) is 39.8 Å². The molecular formula is C29H34FN3O7S. The van der Waals surface area contributed by atoms with Gasteiger partial charge in [-0.25, -0.2) is 32.4 Å². The summed E-state index contributed by atoms with van der Waals surface area (Å²) in [5, 5.41) is 5.16. The Bertz CT molecular complexity index is 1480. The lowest BCUT2D eigenvalue weighted by molar-refractivity contribution is -0.162. The molecule has 1 saturated heterocycles. The van der Waals surface area contributed by atoms with Crippen LogP contribution in [-0.2, 0) is 35.3 Å². The predicted molar refractivity (Wildman–Crippen MR) is 147 cm³/mol. The van der Waals surface area contributed by atoms with E-state index < -0.39 is 50.5 Å². The Hall–Kier alpha value is -3.77. The number of carbonyl (C=O) groups is 3. The Labute approximate surface area is 239 Å². The van der Waals surface area contributed by atoms with Crippen molar-refractivity contribution in [3.8, 4) is 0 Å². The molecule has 2 aromatic rings. The van der Waals surface area contributed by atoms with Crippen molar-refractivity contribution in [2.24, 2.45) is 0 Å². The molecule has 0 bridgehead atoms. The van der Waals surface area contributed by atoms with E-state index in [0.717, 1.165) is 10.6 Å². The number of nitrogens with zero attached hydrogens (tertiary/aromatic N) is 2. The van der Waals surface area contributed by atoms with E-state index in [4.69, 9.17) is 9.47 Å². The van der Waals surface area contributed by atoms with E-state index >= 15 is 0 Å². The summed E-state index contributed by atoms with van der Waals surface area (Å²) in [6.07, 6.45) is -0.867. The van der Waals surface area contributed by atoms with E-state index in [1.807, 2.05) is 6.92 Å². The number of halogens is 1. The zero-order valence-electron chi connectivity index (χ0n) is 23.7. The number of sulfone groups is 1. The molecule has 1 N–H and O–H groups in total. The number of amides is 2. The van der Waals surface area contributed by atoms with Gasteiger partial charge in [-0.3, -0.25) is 4.79 Å². The average Bonchev–Trinajstić information content (AvgIpc) is 3.28. The first-order valence-corrected chi connectivity index (χ1v) is 14.7. The van der Waals surface area contributed by atoms with Gasteiger partial charge in [0, 0.05) is 13.0 Å². The molecule has 41 heavy (non-hydrogen) atoms. The quantitative estimate of drug-likeness (QED) is 0.488. The first-order chi connectivity index (χ1) is 19.2. The summed E-state index contributed by atoms with van der Waals surface area (Å²) in [6, 6.07) is 11.6. The van der Waals surface area contributed by atoms with Crippen LogP contribution in [0.2, 0.25) is 0 Å². The number of benzene rings is 2. The number of ether oxygens (including phenoxy) is 2. The van der Waals surface area contributed by atoms with Gasteiger partial charge in [0.15, 0.2) is 5.70 Å². The molecule has 4 rings (SSSR count). The van der Waals surface area contributed by atoms with Crippen molar-refractivity contribution in [2.45, 2.75) is 63.5 Å². The van der Waals surface area contributed by atoms with Crippen LogP contribution < -0.4 is 5.32 Å². The van der Waals surface area contributed by atoms with Gasteiger partial charge in [0.2, 0.25) is 9.84 Å². The van der Waals surface area contributed by atoms with Crippen molar-refractivity contribution < 1.29 is 36.7 Å². The summed E-state index contributed by atoms with van der Waals surface area (Å²) in [5.41, 5.74) is -1.55. The molecule has 10 nitrogen and oxygen atoms in total. The minimum absolute atomic E-state index is 0.0298. The number of fused-ring (bicyclic) bond motifs is 1. The second-order valence-corrected chi connectivity index (χ2v) is 13.0. The third kappa shape index (κ3) is 6.28. The molecule has 220 valence electrons. The number of aryl methyl sites for hydroxylation is 1. The number of hydrazine groups is 1.